The van der Waals surface area contributed by atoms with E-state index in [9.17, 15) is 10.2 Å². The molecule has 0 aliphatic heterocycles. The van der Waals surface area contributed by atoms with E-state index in [1.165, 1.54) is 0 Å². The number of rotatable bonds is 21. The highest BCUT2D eigenvalue weighted by atomic mass is 28.4. The number of hydrogen-bond acceptors (Lipinski definition) is 8. The lowest BCUT2D eigenvalue weighted by Crippen LogP contribution is -2.52. The molecule has 0 amide bonds. The first-order chi connectivity index (χ1) is 19.3. The summed E-state index contributed by atoms with van der Waals surface area (Å²) < 4.78 is 35.9. The summed E-state index contributed by atoms with van der Waals surface area (Å²) in [7, 11) is -1.30. The van der Waals surface area contributed by atoms with Crippen LogP contribution in [-0.4, -0.2) is 91.3 Å². The Bertz CT molecular complexity index is 709. The molecule has 250 valence electrons. The van der Waals surface area contributed by atoms with Crippen LogP contribution in [0.2, 0.25) is 36.3 Å². The monoisotopic (exact) mass is 634 g/mol. The molecule has 0 rings (SSSR count). The van der Waals surface area contributed by atoms with Crippen LogP contribution in [0.5, 0.6) is 0 Å². The molecule has 0 saturated heterocycles. The van der Waals surface area contributed by atoms with E-state index in [0.717, 1.165) is 0 Å². The minimum Gasteiger partial charge on any atom is -0.411 e. The Hall–Kier alpha value is -0.406. The Morgan fingerprint density at radius 3 is 1.14 bits per heavy atom. The van der Waals surface area contributed by atoms with Crippen LogP contribution in [0, 0.1) is 0 Å². The highest BCUT2D eigenvalue weighted by Crippen LogP contribution is 2.42. The summed E-state index contributed by atoms with van der Waals surface area (Å²) in [5, 5.41) is 22.3. The van der Waals surface area contributed by atoms with Gasteiger partial charge >= 0.3 is 0 Å². The van der Waals surface area contributed by atoms with Crippen LogP contribution < -0.4 is 0 Å². The van der Waals surface area contributed by atoms with Crippen LogP contribution in [0.4, 0.5) is 0 Å². The summed E-state index contributed by atoms with van der Waals surface area (Å²) in [5.74, 6) is 0. The zero-order valence-corrected chi connectivity index (χ0v) is 31.4. The van der Waals surface area contributed by atoms with E-state index in [1.807, 2.05) is 38.2 Å². The molecule has 0 aromatic rings. The Kier molecular flexibility index (Phi) is 19.0. The summed E-state index contributed by atoms with van der Waals surface area (Å²) in [6, 6.07) is 0. The molecule has 0 radical (unpaired) electrons. The van der Waals surface area contributed by atoms with Gasteiger partial charge in [-0.1, -0.05) is 65.8 Å². The number of allylic oxidation sites excluding steroid dienone is 2. The second-order valence-corrected chi connectivity index (χ2v) is 23.8. The first-order valence-electron chi connectivity index (χ1n) is 15.5. The molecule has 6 atom stereocenters. The summed E-state index contributed by atoms with van der Waals surface area (Å²) in [6.45, 7) is 26.4. The summed E-state index contributed by atoms with van der Waals surface area (Å²) in [4.78, 5) is 0. The predicted octanol–water partition coefficient (Wildman–Crippen LogP) is 7.18. The Morgan fingerprint density at radius 2 is 0.905 bits per heavy atom. The first-order valence-corrected chi connectivity index (χ1v) is 21.3. The summed E-state index contributed by atoms with van der Waals surface area (Å²) in [6.07, 6.45) is 6.62. The lowest BCUT2D eigenvalue weighted by atomic mass is 9.97. The normalized spacial score (nSPS) is 18.4. The molecule has 0 aliphatic carbocycles. The van der Waals surface area contributed by atoms with Crippen molar-refractivity contribution in [2.75, 3.05) is 27.8 Å². The molecule has 8 nitrogen and oxygen atoms in total. The molecule has 2 N–H and O–H groups in total. The second-order valence-electron chi connectivity index (χ2n) is 14.2. The first kappa shape index (κ1) is 41.6. The average Bonchev–Trinajstić information content (AvgIpc) is 2.87. The van der Waals surface area contributed by atoms with Crippen molar-refractivity contribution < 1.29 is 38.0 Å². The van der Waals surface area contributed by atoms with Gasteiger partial charge in [-0.3, -0.25) is 0 Å². The molecule has 0 fully saturated rings. The zero-order chi connectivity index (χ0) is 32.8. The largest absolute Gasteiger partial charge is 0.411 e. The van der Waals surface area contributed by atoms with Gasteiger partial charge in [0, 0.05) is 14.2 Å². The SMILES string of the molecule is C/C=C/[C@H](OCOC)[C@@H](O)CC[C@H](O[Si](C)(C)C(C)(C)C)[C@H](CC[C@H](O)[C@H](/C=C/C)OCOC)O[Si](C)(C)C(C)(C)C. The van der Waals surface area contributed by atoms with Gasteiger partial charge < -0.3 is 38.0 Å². The van der Waals surface area contributed by atoms with Crippen molar-refractivity contribution in [3.05, 3.63) is 24.3 Å². The molecule has 0 heterocycles. The summed E-state index contributed by atoms with van der Waals surface area (Å²) >= 11 is 0. The third kappa shape index (κ3) is 14.6. The van der Waals surface area contributed by atoms with Crippen molar-refractivity contribution in [1.82, 2.24) is 0 Å². The van der Waals surface area contributed by atoms with E-state index in [-0.39, 0.29) is 35.9 Å². The van der Waals surface area contributed by atoms with Gasteiger partial charge in [0.15, 0.2) is 16.6 Å². The molecule has 42 heavy (non-hydrogen) atoms. The molecular weight excluding hydrogens is 569 g/mol. The van der Waals surface area contributed by atoms with Gasteiger partial charge in [-0.15, -0.1) is 0 Å². The Balaban J connectivity index is 6.39. The average molecular weight is 635 g/mol. The van der Waals surface area contributed by atoms with Crippen LogP contribution in [0.15, 0.2) is 24.3 Å². The van der Waals surface area contributed by atoms with Gasteiger partial charge in [0.05, 0.1) is 24.4 Å². The molecule has 0 bridgehead atoms. The van der Waals surface area contributed by atoms with E-state index >= 15 is 0 Å². The Labute approximate surface area is 260 Å². The van der Waals surface area contributed by atoms with Crippen molar-refractivity contribution in [2.24, 2.45) is 0 Å². The molecule has 0 unspecified atom stereocenters. The molecule has 10 heteroatoms. The number of aliphatic hydroxyl groups is 2. The van der Waals surface area contributed by atoms with Gasteiger partial charge in [0.1, 0.15) is 25.8 Å². The molecule has 0 spiro atoms. The lowest BCUT2D eigenvalue weighted by Gasteiger charge is -2.45. The van der Waals surface area contributed by atoms with Crippen molar-refractivity contribution in [3.8, 4) is 0 Å². The number of methoxy groups -OCH3 is 2. The van der Waals surface area contributed by atoms with Crippen molar-refractivity contribution in [3.63, 3.8) is 0 Å². The lowest BCUT2D eigenvalue weighted by molar-refractivity contribution is -0.0999. The van der Waals surface area contributed by atoms with Gasteiger partial charge in [-0.2, -0.15) is 0 Å². The van der Waals surface area contributed by atoms with E-state index in [4.69, 9.17) is 27.8 Å². The van der Waals surface area contributed by atoms with Crippen molar-refractivity contribution in [2.45, 2.75) is 154 Å². The fourth-order valence-corrected chi connectivity index (χ4v) is 6.77. The van der Waals surface area contributed by atoms with Gasteiger partial charge in [0.2, 0.25) is 0 Å². The fourth-order valence-electron chi connectivity index (χ4n) is 4.01. The number of aliphatic hydroxyl groups excluding tert-OH is 2. The number of ether oxygens (including phenoxy) is 4. The van der Waals surface area contributed by atoms with E-state index in [2.05, 4.69) is 67.7 Å². The van der Waals surface area contributed by atoms with Crippen LogP contribution in [0.25, 0.3) is 0 Å². The van der Waals surface area contributed by atoms with E-state index in [0.29, 0.717) is 25.7 Å². The van der Waals surface area contributed by atoms with E-state index < -0.39 is 41.1 Å². The smallest absolute Gasteiger partial charge is 0.192 e. The van der Waals surface area contributed by atoms with Gasteiger partial charge in [-0.05, 0) is 75.8 Å². The molecule has 0 aromatic carbocycles. The third-order valence-electron chi connectivity index (χ3n) is 8.69. The Morgan fingerprint density at radius 1 is 0.595 bits per heavy atom. The molecule has 0 saturated carbocycles. The third-order valence-corrected chi connectivity index (χ3v) is 17.7. The fraction of sp³-hybridized carbons (Fsp3) is 0.875. The maximum absolute atomic E-state index is 11.2. The minimum absolute atomic E-state index is 0.00896. The topological polar surface area (TPSA) is 95.8 Å². The molecule has 0 aromatic heterocycles. The van der Waals surface area contributed by atoms with E-state index in [1.54, 1.807) is 14.2 Å². The zero-order valence-electron chi connectivity index (χ0n) is 29.4. The molecular formula is C32H66O8Si2. The van der Waals surface area contributed by atoms with Crippen LogP contribution in [-0.2, 0) is 27.8 Å². The highest BCUT2D eigenvalue weighted by Gasteiger charge is 2.45. The minimum atomic E-state index is -2.22. The highest BCUT2D eigenvalue weighted by molar-refractivity contribution is 6.74. The van der Waals surface area contributed by atoms with Gasteiger partial charge in [-0.25, -0.2) is 0 Å². The predicted molar refractivity (Wildman–Crippen MR) is 178 cm³/mol. The van der Waals surface area contributed by atoms with Crippen LogP contribution >= 0.6 is 0 Å². The standard InChI is InChI=1S/C32H66O8Si2/c1-15-17-27(37-23-35-9)25(33)19-21-29(39-41(11,12)31(3,4)5)30(40-42(13,14)32(6,7)8)22-20-26(34)28(18-16-2)38-24-36-10/h15-18,25-30,33-34H,19-24H2,1-14H3/b17-15+,18-16+/t25-,26-,27-,28-,29-,30-/m0/s1. The molecule has 0 aliphatic rings. The van der Waals surface area contributed by atoms with Crippen molar-refractivity contribution >= 4 is 16.6 Å². The van der Waals surface area contributed by atoms with Crippen molar-refractivity contribution in [1.29, 1.82) is 0 Å². The summed E-state index contributed by atoms with van der Waals surface area (Å²) in [5.41, 5.74) is 0. The maximum Gasteiger partial charge on any atom is 0.192 e. The van der Waals surface area contributed by atoms with Gasteiger partial charge in [0.25, 0.3) is 0 Å². The maximum atomic E-state index is 11.2. The van der Waals surface area contributed by atoms with Crippen LogP contribution in [0.3, 0.4) is 0 Å². The quantitative estimate of drug-likeness (QED) is 0.0779. The van der Waals surface area contributed by atoms with Crippen LogP contribution in [0.1, 0.15) is 81.1 Å². The number of hydrogen-bond donors (Lipinski definition) is 2. The second kappa shape index (κ2) is 19.2.